The standard InChI is InChI=1S/C20H27N5O3/c1-14-5-3-8-23(12-14)9-4-7-21-19(26)13-24-20(27)17-11-18-16(6-10-28-18)25(17)15(2)22-24/h6,10-11,14H,3-5,7-9,12-13H2,1-2H3,(H,21,26)/t14-/m1/s1. The van der Waals surface area contributed by atoms with Crippen molar-refractivity contribution in [1.29, 1.82) is 0 Å². The number of likely N-dealkylation sites (tertiary alicyclic amines) is 1. The molecule has 1 aliphatic rings. The van der Waals surface area contributed by atoms with Crippen LogP contribution < -0.4 is 10.9 Å². The van der Waals surface area contributed by atoms with E-state index in [4.69, 9.17) is 4.42 Å². The molecule has 4 rings (SSSR count). The molecule has 1 N–H and O–H groups in total. The molecule has 1 fully saturated rings. The first-order chi connectivity index (χ1) is 13.5. The molecule has 4 heterocycles. The van der Waals surface area contributed by atoms with Crippen LogP contribution in [0.25, 0.3) is 16.6 Å². The topological polar surface area (TPSA) is 84.8 Å². The van der Waals surface area contributed by atoms with Gasteiger partial charge in [0.25, 0.3) is 5.56 Å². The van der Waals surface area contributed by atoms with Gasteiger partial charge in [0, 0.05) is 25.2 Å². The van der Waals surface area contributed by atoms with Crippen LogP contribution in [-0.4, -0.2) is 51.2 Å². The number of furan rings is 1. The quantitative estimate of drug-likeness (QED) is 0.654. The van der Waals surface area contributed by atoms with Gasteiger partial charge >= 0.3 is 0 Å². The smallest absolute Gasteiger partial charge is 0.291 e. The molecule has 0 bridgehead atoms. The molecule has 1 saturated heterocycles. The second-order valence-corrected chi connectivity index (χ2v) is 7.80. The number of amides is 1. The molecule has 8 heteroatoms. The third kappa shape index (κ3) is 3.69. The fourth-order valence-corrected chi connectivity index (χ4v) is 4.15. The first kappa shape index (κ1) is 18.7. The highest BCUT2D eigenvalue weighted by molar-refractivity contribution is 5.82. The highest BCUT2D eigenvalue weighted by atomic mass is 16.3. The third-order valence-electron chi connectivity index (χ3n) is 5.47. The molecule has 3 aromatic heterocycles. The molecule has 28 heavy (non-hydrogen) atoms. The van der Waals surface area contributed by atoms with Crippen LogP contribution in [0.15, 0.2) is 27.6 Å². The summed E-state index contributed by atoms with van der Waals surface area (Å²) in [7, 11) is 0. The van der Waals surface area contributed by atoms with Gasteiger partial charge in [-0.25, -0.2) is 4.68 Å². The summed E-state index contributed by atoms with van der Waals surface area (Å²) in [6.45, 7) is 7.93. The number of hydrogen-bond donors (Lipinski definition) is 1. The molecular formula is C20H27N5O3. The third-order valence-corrected chi connectivity index (χ3v) is 5.47. The maximum atomic E-state index is 12.7. The Bertz CT molecular complexity index is 1050. The summed E-state index contributed by atoms with van der Waals surface area (Å²) >= 11 is 0. The van der Waals surface area contributed by atoms with E-state index in [0.717, 1.165) is 37.5 Å². The number of nitrogens with zero attached hydrogens (tertiary/aromatic N) is 4. The maximum absolute atomic E-state index is 12.7. The predicted octanol–water partition coefficient (Wildman–Crippen LogP) is 1.79. The molecule has 0 aliphatic carbocycles. The summed E-state index contributed by atoms with van der Waals surface area (Å²) in [6, 6.07) is 3.50. The van der Waals surface area contributed by atoms with Gasteiger partial charge in [0.15, 0.2) is 5.58 Å². The summed E-state index contributed by atoms with van der Waals surface area (Å²) in [6.07, 6.45) is 5.06. The van der Waals surface area contributed by atoms with E-state index in [9.17, 15) is 9.59 Å². The van der Waals surface area contributed by atoms with Gasteiger partial charge in [-0.2, -0.15) is 5.10 Å². The number of fused-ring (bicyclic) bond motifs is 3. The molecular weight excluding hydrogens is 358 g/mol. The molecule has 0 aromatic carbocycles. The lowest BCUT2D eigenvalue weighted by Crippen LogP contribution is -2.38. The van der Waals surface area contributed by atoms with Crippen molar-refractivity contribution in [3.05, 3.63) is 34.6 Å². The molecule has 0 spiro atoms. The van der Waals surface area contributed by atoms with Crippen molar-refractivity contribution >= 4 is 22.5 Å². The monoisotopic (exact) mass is 385 g/mol. The van der Waals surface area contributed by atoms with Gasteiger partial charge in [-0.1, -0.05) is 6.92 Å². The Morgan fingerprint density at radius 1 is 1.39 bits per heavy atom. The highest BCUT2D eigenvalue weighted by Crippen LogP contribution is 2.20. The lowest BCUT2D eigenvalue weighted by atomic mass is 10.0. The van der Waals surface area contributed by atoms with Gasteiger partial charge in [-0.05, 0) is 45.2 Å². The van der Waals surface area contributed by atoms with Crippen molar-refractivity contribution < 1.29 is 9.21 Å². The van der Waals surface area contributed by atoms with E-state index >= 15 is 0 Å². The van der Waals surface area contributed by atoms with Gasteiger partial charge in [0.05, 0.1) is 11.8 Å². The van der Waals surface area contributed by atoms with Crippen molar-refractivity contribution in [2.75, 3.05) is 26.2 Å². The summed E-state index contributed by atoms with van der Waals surface area (Å²) in [5.41, 5.74) is 1.61. The van der Waals surface area contributed by atoms with Crippen LogP contribution in [0.2, 0.25) is 0 Å². The highest BCUT2D eigenvalue weighted by Gasteiger charge is 2.17. The zero-order valence-corrected chi connectivity index (χ0v) is 16.5. The van der Waals surface area contributed by atoms with Crippen LogP contribution in [0.5, 0.6) is 0 Å². The minimum absolute atomic E-state index is 0.0799. The number of aryl methyl sites for hydroxylation is 1. The fraction of sp³-hybridized carbons (Fsp3) is 0.550. The molecule has 3 aromatic rings. The zero-order chi connectivity index (χ0) is 19.7. The van der Waals surface area contributed by atoms with Crippen molar-refractivity contribution in [2.45, 2.75) is 39.7 Å². The van der Waals surface area contributed by atoms with Crippen molar-refractivity contribution in [3.8, 4) is 0 Å². The minimum atomic E-state index is -0.297. The number of rotatable bonds is 6. The van der Waals surface area contributed by atoms with Gasteiger partial charge in [-0.15, -0.1) is 0 Å². The van der Waals surface area contributed by atoms with Gasteiger partial charge in [-0.3, -0.25) is 14.0 Å². The van der Waals surface area contributed by atoms with Crippen LogP contribution in [0.4, 0.5) is 0 Å². The number of piperidine rings is 1. The SMILES string of the molecule is Cc1nn(CC(=O)NCCCN2CCC[C@@H](C)C2)c(=O)c2cc3occc3n12. The van der Waals surface area contributed by atoms with Crippen molar-refractivity contribution in [1.82, 2.24) is 24.4 Å². The molecule has 8 nitrogen and oxygen atoms in total. The van der Waals surface area contributed by atoms with E-state index in [2.05, 4.69) is 22.2 Å². The summed E-state index contributed by atoms with van der Waals surface area (Å²) in [5, 5.41) is 7.22. The Hall–Kier alpha value is -2.61. The number of nitrogens with one attached hydrogen (secondary N) is 1. The number of carbonyl (C=O) groups excluding carboxylic acids is 1. The largest absolute Gasteiger partial charge is 0.463 e. The van der Waals surface area contributed by atoms with Crippen LogP contribution in [0.3, 0.4) is 0 Å². The minimum Gasteiger partial charge on any atom is -0.463 e. The lowest BCUT2D eigenvalue weighted by Gasteiger charge is -2.30. The predicted molar refractivity (Wildman–Crippen MR) is 106 cm³/mol. The number of hydrogen-bond acceptors (Lipinski definition) is 5. The van der Waals surface area contributed by atoms with E-state index in [0.29, 0.717) is 23.5 Å². The molecule has 0 unspecified atom stereocenters. The van der Waals surface area contributed by atoms with Crippen molar-refractivity contribution in [3.63, 3.8) is 0 Å². The molecule has 0 radical (unpaired) electrons. The molecule has 0 saturated carbocycles. The Labute approximate surface area is 163 Å². The van der Waals surface area contributed by atoms with E-state index < -0.39 is 0 Å². The maximum Gasteiger partial charge on any atom is 0.291 e. The molecule has 150 valence electrons. The lowest BCUT2D eigenvalue weighted by molar-refractivity contribution is -0.121. The van der Waals surface area contributed by atoms with E-state index in [1.54, 1.807) is 22.8 Å². The van der Waals surface area contributed by atoms with Crippen LogP contribution in [-0.2, 0) is 11.3 Å². The van der Waals surface area contributed by atoms with E-state index in [-0.39, 0.29) is 18.0 Å². The average molecular weight is 385 g/mol. The van der Waals surface area contributed by atoms with Gasteiger partial charge < -0.3 is 14.6 Å². The summed E-state index contributed by atoms with van der Waals surface area (Å²) in [5.74, 6) is 1.20. The molecule has 1 atom stereocenters. The fourth-order valence-electron chi connectivity index (χ4n) is 4.15. The Morgan fingerprint density at radius 3 is 3.07 bits per heavy atom. The summed E-state index contributed by atoms with van der Waals surface area (Å²) in [4.78, 5) is 27.5. The van der Waals surface area contributed by atoms with Gasteiger partial charge in [0.1, 0.15) is 17.9 Å². The summed E-state index contributed by atoms with van der Waals surface area (Å²) < 4.78 is 8.36. The first-order valence-corrected chi connectivity index (χ1v) is 9.98. The average Bonchev–Trinajstić information content (AvgIpc) is 3.24. The Morgan fingerprint density at radius 2 is 2.25 bits per heavy atom. The van der Waals surface area contributed by atoms with Crippen LogP contribution >= 0.6 is 0 Å². The first-order valence-electron chi connectivity index (χ1n) is 9.98. The second kappa shape index (κ2) is 7.79. The Balaban J connectivity index is 1.36. The number of aromatic nitrogens is 3. The Kier molecular flexibility index (Phi) is 5.21. The van der Waals surface area contributed by atoms with Crippen LogP contribution in [0, 0.1) is 12.8 Å². The zero-order valence-electron chi connectivity index (χ0n) is 16.5. The van der Waals surface area contributed by atoms with Crippen molar-refractivity contribution in [2.24, 2.45) is 5.92 Å². The second-order valence-electron chi connectivity index (χ2n) is 7.80. The number of carbonyl (C=O) groups is 1. The van der Waals surface area contributed by atoms with E-state index in [1.165, 1.54) is 17.5 Å². The molecule has 1 aliphatic heterocycles. The van der Waals surface area contributed by atoms with Crippen LogP contribution in [0.1, 0.15) is 32.0 Å². The normalized spacial score (nSPS) is 18.1. The van der Waals surface area contributed by atoms with Gasteiger partial charge in [0.2, 0.25) is 5.91 Å². The molecule has 1 amide bonds. The van der Waals surface area contributed by atoms with E-state index in [1.807, 2.05) is 6.92 Å².